The van der Waals surface area contributed by atoms with Crippen LogP contribution in [0.15, 0.2) is 66.7 Å². The number of aromatic nitrogens is 1. The molecule has 2 aromatic carbocycles. The van der Waals surface area contributed by atoms with Gasteiger partial charge in [0.15, 0.2) is 0 Å². The van der Waals surface area contributed by atoms with Crippen molar-refractivity contribution in [2.24, 2.45) is 23.7 Å². The van der Waals surface area contributed by atoms with Crippen molar-refractivity contribution in [2.75, 3.05) is 4.90 Å². The molecule has 6 nitrogen and oxygen atoms in total. The van der Waals surface area contributed by atoms with E-state index >= 15 is 0 Å². The zero-order valence-corrected chi connectivity index (χ0v) is 16.4. The SMILES string of the molecule is O=C(O)c1cc(-c2cccc(N3C(=O)[C@@H]4[C@H](C3=O)[C@H]3C=C[C@H]4C3)c2)nc2ccccc12. The quantitative estimate of drug-likeness (QED) is 0.522. The van der Waals surface area contributed by atoms with Crippen molar-refractivity contribution < 1.29 is 19.5 Å². The lowest BCUT2D eigenvalue weighted by Gasteiger charge is -2.18. The van der Waals surface area contributed by atoms with Gasteiger partial charge in [0, 0.05) is 10.9 Å². The summed E-state index contributed by atoms with van der Waals surface area (Å²) in [6.45, 7) is 0. The highest BCUT2D eigenvalue weighted by atomic mass is 16.4. The summed E-state index contributed by atoms with van der Waals surface area (Å²) in [7, 11) is 0. The van der Waals surface area contributed by atoms with Crippen LogP contribution < -0.4 is 4.90 Å². The van der Waals surface area contributed by atoms with Crippen molar-refractivity contribution in [2.45, 2.75) is 6.42 Å². The highest BCUT2D eigenvalue weighted by Gasteiger charge is 2.59. The number of fused-ring (bicyclic) bond motifs is 6. The fourth-order valence-electron chi connectivity index (χ4n) is 5.46. The lowest BCUT2D eigenvalue weighted by atomic mass is 9.85. The molecule has 0 unspecified atom stereocenters. The number of anilines is 1. The molecule has 2 amide bonds. The van der Waals surface area contributed by atoms with Gasteiger partial charge in [0.25, 0.3) is 0 Å². The van der Waals surface area contributed by atoms with Crippen LogP contribution in [-0.4, -0.2) is 27.9 Å². The van der Waals surface area contributed by atoms with E-state index in [2.05, 4.69) is 17.1 Å². The summed E-state index contributed by atoms with van der Waals surface area (Å²) in [4.78, 5) is 44.0. The molecule has 0 spiro atoms. The van der Waals surface area contributed by atoms with Crippen LogP contribution in [0.5, 0.6) is 0 Å². The van der Waals surface area contributed by atoms with Crippen molar-refractivity contribution in [3.05, 3.63) is 72.3 Å². The molecule has 1 N–H and O–H groups in total. The summed E-state index contributed by atoms with van der Waals surface area (Å²) >= 11 is 0. The van der Waals surface area contributed by atoms with Crippen molar-refractivity contribution in [3.8, 4) is 11.3 Å². The van der Waals surface area contributed by atoms with Crippen LogP contribution in [0.4, 0.5) is 5.69 Å². The normalized spacial score (nSPS) is 26.1. The molecule has 1 saturated heterocycles. The molecule has 3 aromatic rings. The molecule has 3 aliphatic rings. The average molecular weight is 410 g/mol. The molecule has 2 aliphatic carbocycles. The number of carboxylic acid groups (broad SMARTS) is 1. The number of carboxylic acids is 1. The van der Waals surface area contributed by atoms with E-state index in [4.69, 9.17) is 0 Å². The molecule has 1 saturated carbocycles. The lowest BCUT2D eigenvalue weighted by molar-refractivity contribution is -0.123. The van der Waals surface area contributed by atoms with Crippen LogP contribution in [0.25, 0.3) is 22.2 Å². The van der Waals surface area contributed by atoms with Gasteiger partial charge in [0.05, 0.1) is 34.3 Å². The van der Waals surface area contributed by atoms with Crippen molar-refractivity contribution in [3.63, 3.8) is 0 Å². The zero-order chi connectivity index (χ0) is 21.3. The molecule has 1 aliphatic heterocycles. The van der Waals surface area contributed by atoms with Gasteiger partial charge in [-0.05, 0) is 42.5 Å². The van der Waals surface area contributed by atoms with Gasteiger partial charge in [-0.2, -0.15) is 0 Å². The van der Waals surface area contributed by atoms with Crippen LogP contribution in [0.1, 0.15) is 16.8 Å². The maximum absolute atomic E-state index is 13.1. The topological polar surface area (TPSA) is 87.6 Å². The summed E-state index contributed by atoms with van der Waals surface area (Å²) in [6.07, 6.45) is 5.03. The van der Waals surface area contributed by atoms with E-state index in [9.17, 15) is 19.5 Å². The molecule has 6 heteroatoms. The fraction of sp³-hybridized carbons (Fsp3) is 0.200. The van der Waals surface area contributed by atoms with Gasteiger partial charge in [-0.15, -0.1) is 0 Å². The van der Waals surface area contributed by atoms with Crippen LogP contribution in [0.3, 0.4) is 0 Å². The molecule has 2 fully saturated rings. The lowest BCUT2D eigenvalue weighted by Crippen LogP contribution is -2.32. The molecule has 4 atom stereocenters. The average Bonchev–Trinajstić information content (AvgIpc) is 3.46. The zero-order valence-electron chi connectivity index (χ0n) is 16.4. The number of carbonyl (C=O) groups excluding carboxylic acids is 2. The van der Waals surface area contributed by atoms with Gasteiger partial charge in [0.2, 0.25) is 11.8 Å². The van der Waals surface area contributed by atoms with Gasteiger partial charge in [-0.25, -0.2) is 14.7 Å². The molecule has 6 rings (SSSR count). The van der Waals surface area contributed by atoms with E-state index in [1.165, 1.54) is 11.0 Å². The standard InChI is InChI=1S/C25H18N2O4/c28-23-21-14-8-9-15(10-14)22(21)24(29)27(23)16-5-3-4-13(11-16)20-12-18(25(30)31)17-6-1-2-7-19(17)26-20/h1-9,11-12,14-15,21-22H,10H2,(H,30,31)/t14-,15-,21-,22+/m0/s1. The molecule has 2 heterocycles. The number of rotatable bonds is 3. The number of carbonyl (C=O) groups is 3. The summed E-state index contributed by atoms with van der Waals surface area (Å²) < 4.78 is 0. The number of hydrogen-bond donors (Lipinski definition) is 1. The van der Waals surface area contributed by atoms with E-state index in [1.807, 2.05) is 12.1 Å². The number of imide groups is 1. The Kier molecular flexibility index (Phi) is 3.69. The van der Waals surface area contributed by atoms with Crippen LogP contribution >= 0.6 is 0 Å². The number of benzene rings is 2. The van der Waals surface area contributed by atoms with Crippen molar-refractivity contribution in [1.29, 1.82) is 0 Å². The van der Waals surface area contributed by atoms with E-state index < -0.39 is 5.97 Å². The van der Waals surface area contributed by atoms with E-state index in [0.29, 0.717) is 27.8 Å². The molecule has 152 valence electrons. The first-order chi connectivity index (χ1) is 15.0. The Hall–Kier alpha value is -3.80. The minimum Gasteiger partial charge on any atom is -0.478 e. The van der Waals surface area contributed by atoms with Crippen molar-refractivity contribution >= 4 is 34.4 Å². The Morgan fingerprint density at radius 3 is 2.35 bits per heavy atom. The van der Waals surface area contributed by atoms with Gasteiger partial charge >= 0.3 is 5.97 Å². The highest BCUT2D eigenvalue weighted by Crippen LogP contribution is 2.53. The number of pyridine rings is 1. The van der Waals surface area contributed by atoms with Crippen LogP contribution in [-0.2, 0) is 9.59 Å². The molecule has 31 heavy (non-hydrogen) atoms. The van der Waals surface area contributed by atoms with Crippen molar-refractivity contribution in [1.82, 2.24) is 4.98 Å². The van der Waals surface area contributed by atoms with E-state index in [-0.39, 0.29) is 41.0 Å². The Bertz CT molecular complexity index is 1300. The smallest absolute Gasteiger partial charge is 0.336 e. The fourth-order valence-corrected chi connectivity index (χ4v) is 5.46. The van der Waals surface area contributed by atoms with E-state index in [1.54, 1.807) is 36.4 Å². The monoisotopic (exact) mass is 410 g/mol. The second kappa shape index (κ2) is 6.35. The first-order valence-corrected chi connectivity index (χ1v) is 10.3. The number of nitrogens with zero attached hydrogens (tertiary/aromatic N) is 2. The summed E-state index contributed by atoms with van der Waals surface area (Å²) in [6, 6.07) is 15.7. The molecule has 1 aromatic heterocycles. The minimum atomic E-state index is -1.03. The van der Waals surface area contributed by atoms with Gasteiger partial charge in [0.1, 0.15) is 0 Å². The third kappa shape index (κ3) is 2.51. The second-order valence-electron chi connectivity index (χ2n) is 8.44. The summed E-state index contributed by atoms with van der Waals surface area (Å²) in [5, 5.41) is 10.2. The highest BCUT2D eigenvalue weighted by molar-refractivity contribution is 6.23. The summed E-state index contributed by atoms with van der Waals surface area (Å²) in [5.41, 5.74) is 2.39. The maximum atomic E-state index is 13.1. The Morgan fingerprint density at radius 2 is 1.65 bits per heavy atom. The number of amides is 2. The number of aromatic carboxylic acids is 1. The second-order valence-corrected chi connectivity index (χ2v) is 8.44. The van der Waals surface area contributed by atoms with Crippen LogP contribution in [0.2, 0.25) is 0 Å². The van der Waals surface area contributed by atoms with E-state index in [0.717, 1.165) is 6.42 Å². The molecule has 0 radical (unpaired) electrons. The Balaban J connectivity index is 1.43. The maximum Gasteiger partial charge on any atom is 0.336 e. The van der Waals surface area contributed by atoms with Gasteiger partial charge in [-0.1, -0.05) is 42.5 Å². The first-order valence-electron chi connectivity index (χ1n) is 10.3. The largest absolute Gasteiger partial charge is 0.478 e. The predicted octanol–water partition coefficient (Wildman–Crippen LogP) is 3.91. The summed E-state index contributed by atoms with van der Waals surface area (Å²) in [5.74, 6) is -1.52. The number of hydrogen-bond acceptors (Lipinski definition) is 4. The third-order valence-corrected chi connectivity index (χ3v) is 6.82. The van der Waals surface area contributed by atoms with Gasteiger partial charge < -0.3 is 5.11 Å². The first kappa shape index (κ1) is 18.0. The van der Waals surface area contributed by atoms with Crippen LogP contribution in [0, 0.1) is 23.7 Å². The third-order valence-electron chi connectivity index (χ3n) is 6.82. The number of allylic oxidation sites excluding steroid dienone is 2. The Morgan fingerprint density at radius 1 is 0.935 bits per heavy atom. The van der Waals surface area contributed by atoms with Gasteiger partial charge in [-0.3, -0.25) is 9.59 Å². The Labute approximate surface area is 177 Å². The minimum absolute atomic E-state index is 0.137. The molecular weight excluding hydrogens is 392 g/mol. The molecular formula is C25H18N2O4. The number of para-hydroxylation sites is 1. The predicted molar refractivity (Wildman–Crippen MR) is 114 cm³/mol. The molecule has 2 bridgehead atoms.